The molecule has 0 unspecified atom stereocenters. The Balaban J connectivity index is 1.43. The number of carbonyl (C=O) groups excluding carboxylic acids is 2. The van der Waals surface area contributed by atoms with E-state index in [1.807, 2.05) is 79.7 Å². The molecular weight excluding hydrogens is 504 g/mol. The fraction of sp³-hybridized carbons (Fsp3) is 0.0714. The van der Waals surface area contributed by atoms with Gasteiger partial charge < -0.3 is 13.6 Å². The van der Waals surface area contributed by atoms with Crippen molar-refractivity contribution < 1.29 is 23.2 Å². The van der Waals surface area contributed by atoms with Crippen molar-refractivity contribution in [2.75, 3.05) is 12.5 Å². The fourth-order valence-corrected chi connectivity index (χ4v) is 4.30. The Labute approximate surface area is 222 Å². The lowest BCUT2D eigenvalue weighted by atomic mass is 10.2. The summed E-state index contributed by atoms with van der Waals surface area (Å²) in [5.74, 6) is -0.920. The zero-order chi connectivity index (χ0) is 26.5. The van der Waals surface area contributed by atoms with E-state index in [0.717, 1.165) is 16.0 Å². The monoisotopic (exact) mass is 526 g/mol. The highest BCUT2D eigenvalue weighted by atomic mass is 32.2. The van der Waals surface area contributed by atoms with Crippen molar-refractivity contribution >= 4 is 29.5 Å². The van der Waals surface area contributed by atoms with Crippen LogP contribution in [-0.4, -0.2) is 29.0 Å². The fourth-order valence-electron chi connectivity index (χ4n) is 3.45. The summed E-state index contributed by atoms with van der Waals surface area (Å²) in [7, 11) is 1.23. The number of oxazole rings is 2. The van der Waals surface area contributed by atoms with Crippen molar-refractivity contribution in [3.63, 3.8) is 0 Å². The molecule has 5 rings (SSSR count). The molecule has 190 valence electrons. The number of rotatable bonds is 8. The zero-order valence-electron chi connectivity index (χ0n) is 20.4. The lowest BCUT2D eigenvalue weighted by Crippen LogP contribution is -2.30. The second-order valence-electron chi connectivity index (χ2n) is 8.07. The molecule has 0 spiro atoms. The highest BCUT2D eigenvalue weighted by Crippen LogP contribution is 2.34. The first kappa shape index (κ1) is 24.8. The van der Waals surface area contributed by atoms with Gasteiger partial charge in [0.1, 0.15) is 0 Å². The lowest BCUT2D eigenvalue weighted by Gasteiger charge is -2.06. The van der Waals surface area contributed by atoms with Crippen LogP contribution in [0.5, 0.6) is 0 Å². The van der Waals surface area contributed by atoms with E-state index in [9.17, 15) is 9.59 Å². The summed E-state index contributed by atoms with van der Waals surface area (Å²) < 4.78 is 16.6. The lowest BCUT2D eigenvalue weighted by molar-refractivity contribution is 0.0594. The minimum Gasteiger partial charge on any atom is -0.464 e. The summed E-state index contributed by atoms with van der Waals surface area (Å²) in [4.78, 5) is 35.1. The van der Waals surface area contributed by atoms with Crippen LogP contribution in [-0.2, 0) is 4.74 Å². The summed E-state index contributed by atoms with van der Waals surface area (Å²) in [5.41, 5.74) is 7.60. The molecule has 1 amide bonds. The van der Waals surface area contributed by atoms with E-state index in [1.54, 1.807) is 12.1 Å². The van der Waals surface area contributed by atoms with Gasteiger partial charge in [-0.05, 0) is 55.1 Å². The number of benzene rings is 3. The van der Waals surface area contributed by atoms with Gasteiger partial charge in [-0.15, -0.1) is 0 Å². The summed E-state index contributed by atoms with van der Waals surface area (Å²) >= 11 is 1.27. The van der Waals surface area contributed by atoms with Crippen LogP contribution in [0.1, 0.15) is 26.5 Å². The molecule has 9 nitrogen and oxygen atoms in total. The molecule has 5 aromatic rings. The van der Waals surface area contributed by atoms with Gasteiger partial charge in [0.15, 0.2) is 10.8 Å². The molecule has 38 heavy (non-hydrogen) atoms. The number of nitrogens with zero attached hydrogens (tertiary/aromatic N) is 2. The predicted molar refractivity (Wildman–Crippen MR) is 142 cm³/mol. The zero-order valence-corrected chi connectivity index (χ0v) is 21.2. The number of aryl methyl sites for hydroxylation is 1. The molecular formula is C28H22N4O5S. The SMILES string of the molecule is COC(=O)c1nc(-c2ccccc2)oc1NNC(=O)c1nc(-c2ccccc2)oc1Sc1ccc(C)cc1. The van der Waals surface area contributed by atoms with Crippen LogP contribution in [0.25, 0.3) is 22.9 Å². The van der Waals surface area contributed by atoms with E-state index in [4.69, 9.17) is 13.6 Å². The molecule has 2 N–H and O–H groups in total. The first-order valence-electron chi connectivity index (χ1n) is 11.5. The minimum atomic E-state index is -0.726. The van der Waals surface area contributed by atoms with Crippen molar-refractivity contribution in [3.05, 3.63) is 102 Å². The third kappa shape index (κ3) is 5.45. The number of hydrazine groups is 1. The smallest absolute Gasteiger partial charge is 0.362 e. The molecule has 0 aliphatic heterocycles. The number of aromatic nitrogens is 2. The number of amides is 1. The maximum absolute atomic E-state index is 13.3. The molecule has 0 saturated heterocycles. The van der Waals surface area contributed by atoms with E-state index < -0.39 is 11.9 Å². The van der Waals surface area contributed by atoms with Crippen LogP contribution >= 0.6 is 11.8 Å². The second kappa shape index (κ2) is 11.1. The van der Waals surface area contributed by atoms with E-state index in [2.05, 4.69) is 20.8 Å². The van der Waals surface area contributed by atoms with Gasteiger partial charge in [-0.1, -0.05) is 54.1 Å². The molecule has 0 bridgehead atoms. The van der Waals surface area contributed by atoms with Crippen molar-refractivity contribution in [2.24, 2.45) is 0 Å². The number of methoxy groups -OCH3 is 1. The summed E-state index contributed by atoms with van der Waals surface area (Å²) in [6.45, 7) is 2.00. The predicted octanol–water partition coefficient (Wildman–Crippen LogP) is 6.00. The van der Waals surface area contributed by atoms with Crippen LogP contribution < -0.4 is 10.9 Å². The van der Waals surface area contributed by atoms with Gasteiger partial charge in [0.25, 0.3) is 5.91 Å². The second-order valence-corrected chi connectivity index (χ2v) is 9.12. The Morgan fingerprint density at radius 2 is 1.37 bits per heavy atom. The highest BCUT2D eigenvalue weighted by molar-refractivity contribution is 7.99. The van der Waals surface area contributed by atoms with Gasteiger partial charge in [0, 0.05) is 16.0 Å². The van der Waals surface area contributed by atoms with E-state index in [1.165, 1.54) is 18.9 Å². The van der Waals surface area contributed by atoms with E-state index >= 15 is 0 Å². The normalized spacial score (nSPS) is 10.7. The molecule has 0 saturated carbocycles. The van der Waals surface area contributed by atoms with Crippen molar-refractivity contribution in [3.8, 4) is 22.9 Å². The molecule has 0 radical (unpaired) electrons. The molecule has 0 atom stereocenters. The first-order chi connectivity index (χ1) is 18.5. The Morgan fingerprint density at radius 1 is 0.789 bits per heavy atom. The van der Waals surface area contributed by atoms with Crippen LogP contribution in [0.15, 0.2) is 104 Å². The minimum absolute atomic E-state index is 0.0596. The quantitative estimate of drug-likeness (QED) is 0.185. The topological polar surface area (TPSA) is 119 Å². The third-order valence-electron chi connectivity index (χ3n) is 5.38. The summed E-state index contributed by atoms with van der Waals surface area (Å²) in [5, 5.41) is 0.308. The molecule has 3 aromatic carbocycles. The van der Waals surface area contributed by atoms with Crippen LogP contribution in [0.3, 0.4) is 0 Å². The molecule has 0 fully saturated rings. The average Bonchev–Trinajstić information content (AvgIpc) is 3.58. The molecule has 0 aliphatic rings. The van der Waals surface area contributed by atoms with E-state index in [-0.39, 0.29) is 23.2 Å². The van der Waals surface area contributed by atoms with Crippen molar-refractivity contribution in [2.45, 2.75) is 16.9 Å². The van der Waals surface area contributed by atoms with Gasteiger partial charge in [0.05, 0.1) is 7.11 Å². The van der Waals surface area contributed by atoms with Crippen LogP contribution in [0.2, 0.25) is 0 Å². The van der Waals surface area contributed by atoms with Gasteiger partial charge in [-0.2, -0.15) is 4.98 Å². The van der Waals surface area contributed by atoms with Gasteiger partial charge >= 0.3 is 5.97 Å². The van der Waals surface area contributed by atoms with Gasteiger partial charge in [-0.3, -0.25) is 15.6 Å². The highest BCUT2D eigenvalue weighted by Gasteiger charge is 2.25. The molecule has 0 aliphatic carbocycles. The Bertz CT molecular complexity index is 1560. The molecule has 2 heterocycles. The largest absolute Gasteiger partial charge is 0.464 e. The first-order valence-corrected chi connectivity index (χ1v) is 12.3. The number of hydrogen-bond acceptors (Lipinski definition) is 9. The maximum Gasteiger partial charge on any atom is 0.362 e. The number of carbonyl (C=O) groups is 2. The Morgan fingerprint density at radius 3 is 1.97 bits per heavy atom. The van der Waals surface area contributed by atoms with Crippen LogP contribution in [0, 0.1) is 6.92 Å². The standard InChI is InChI=1S/C28H22N4O5S/c1-17-13-15-20(16-14-17)38-28-21(29-25(37-28)19-11-7-4-8-12-19)23(33)31-32-26-22(27(34)35-2)30-24(36-26)18-9-5-3-6-10-18/h3-16,32H,1-2H3,(H,31,33). The number of esters is 1. The average molecular weight is 527 g/mol. The van der Waals surface area contributed by atoms with E-state index in [0.29, 0.717) is 16.5 Å². The molecule has 10 heteroatoms. The summed E-state index contributed by atoms with van der Waals surface area (Å²) in [6.07, 6.45) is 0. The maximum atomic E-state index is 13.3. The number of hydrogen-bond donors (Lipinski definition) is 2. The van der Waals surface area contributed by atoms with Gasteiger partial charge in [-0.25, -0.2) is 9.78 Å². The number of ether oxygens (including phenoxy) is 1. The van der Waals surface area contributed by atoms with Crippen LogP contribution in [0.4, 0.5) is 5.88 Å². The third-order valence-corrected chi connectivity index (χ3v) is 6.35. The summed E-state index contributed by atoms with van der Waals surface area (Å²) in [6, 6.07) is 26.1. The Hall–Kier alpha value is -4.83. The number of anilines is 1. The van der Waals surface area contributed by atoms with Crippen molar-refractivity contribution in [1.29, 1.82) is 0 Å². The van der Waals surface area contributed by atoms with Gasteiger partial charge in [0.2, 0.25) is 23.4 Å². The van der Waals surface area contributed by atoms with Crippen molar-refractivity contribution in [1.82, 2.24) is 15.4 Å². The molecule has 2 aromatic heterocycles. The number of nitrogens with one attached hydrogen (secondary N) is 2. The Kier molecular flexibility index (Phi) is 7.23.